The highest BCUT2D eigenvalue weighted by atomic mass is 79.9. The molecule has 1 aromatic rings. The Kier molecular flexibility index (Phi) is 4.68. The Morgan fingerprint density at radius 3 is 2.56 bits per heavy atom. The van der Waals surface area contributed by atoms with Gasteiger partial charge in [-0.05, 0) is 17.7 Å². The van der Waals surface area contributed by atoms with Crippen LogP contribution in [0.1, 0.15) is 5.56 Å². The quantitative estimate of drug-likeness (QED) is 0.738. The molecule has 88 valence electrons. The van der Waals surface area contributed by atoms with Crippen LogP contribution in [0.2, 0.25) is 5.02 Å². The largest absolute Gasteiger partial charge is 0.573 e. The topological polar surface area (TPSA) is 9.23 Å². The summed E-state index contributed by atoms with van der Waals surface area (Å²) >= 11 is 8.83. The first-order chi connectivity index (χ1) is 7.42. The zero-order chi connectivity index (χ0) is 12.2. The molecule has 0 bridgehead atoms. The average molecular weight is 316 g/mol. The van der Waals surface area contributed by atoms with Crippen LogP contribution in [0.4, 0.5) is 13.2 Å². The molecule has 0 saturated heterocycles. The first-order valence-electron chi connectivity index (χ1n) is 4.20. The van der Waals surface area contributed by atoms with E-state index in [9.17, 15) is 13.2 Å². The SMILES string of the molecule is FC(F)(F)Oc1ccc(C=CCBr)cc1Cl. The van der Waals surface area contributed by atoms with Gasteiger partial charge >= 0.3 is 6.36 Å². The van der Waals surface area contributed by atoms with E-state index in [0.29, 0.717) is 10.9 Å². The standard InChI is InChI=1S/C10H7BrClF3O/c11-5-1-2-7-3-4-9(8(12)6-7)16-10(13,14)15/h1-4,6H,5H2. The van der Waals surface area contributed by atoms with E-state index < -0.39 is 12.1 Å². The maximum atomic E-state index is 11.9. The lowest BCUT2D eigenvalue weighted by atomic mass is 10.2. The van der Waals surface area contributed by atoms with Crippen molar-refractivity contribution in [2.75, 3.05) is 5.33 Å². The van der Waals surface area contributed by atoms with Gasteiger partial charge in [-0.1, -0.05) is 45.7 Å². The van der Waals surface area contributed by atoms with Crippen molar-refractivity contribution in [2.24, 2.45) is 0 Å². The number of hydrogen-bond acceptors (Lipinski definition) is 1. The van der Waals surface area contributed by atoms with E-state index in [1.807, 2.05) is 0 Å². The van der Waals surface area contributed by atoms with Gasteiger partial charge in [0.2, 0.25) is 0 Å². The maximum absolute atomic E-state index is 11.9. The minimum atomic E-state index is -4.73. The Bertz CT molecular complexity index is 390. The van der Waals surface area contributed by atoms with Gasteiger partial charge in [0.1, 0.15) is 5.75 Å². The molecule has 0 radical (unpaired) electrons. The van der Waals surface area contributed by atoms with Crippen LogP contribution in [0, 0.1) is 0 Å². The van der Waals surface area contributed by atoms with Gasteiger partial charge in [-0.2, -0.15) is 0 Å². The van der Waals surface area contributed by atoms with Crippen molar-refractivity contribution in [1.82, 2.24) is 0 Å². The molecular weight excluding hydrogens is 308 g/mol. The van der Waals surface area contributed by atoms with Gasteiger partial charge in [-0.25, -0.2) is 0 Å². The molecule has 0 heterocycles. The number of allylic oxidation sites excluding steroid dienone is 1. The Hall–Kier alpha value is -0.680. The van der Waals surface area contributed by atoms with Gasteiger partial charge in [0.15, 0.2) is 0 Å². The van der Waals surface area contributed by atoms with Crippen molar-refractivity contribution in [2.45, 2.75) is 6.36 Å². The molecule has 0 saturated carbocycles. The van der Waals surface area contributed by atoms with E-state index in [4.69, 9.17) is 11.6 Å². The van der Waals surface area contributed by atoms with Crippen LogP contribution >= 0.6 is 27.5 Å². The molecule has 0 amide bonds. The average Bonchev–Trinajstić information content (AvgIpc) is 2.17. The fourth-order valence-electron chi connectivity index (χ4n) is 1.01. The van der Waals surface area contributed by atoms with E-state index in [0.717, 1.165) is 0 Å². The highest BCUT2D eigenvalue weighted by Gasteiger charge is 2.31. The van der Waals surface area contributed by atoms with Gasteiger partial charge in [-0.3, -0.25) is 0 Å². The van der Waals surface area contributed by atoms with Gasteiger partial charge in [0.25, 0.3) is 0 Å². The van der Waals surface area contributed by atoms with Crippen molar-refractivity contribution >= 4 is 33.6 Å². The number of alkyl halides is 4. The van der Waals surface area contributed by atoms with E-state index in [1.165, 1.54) is 18.2 Å². The Morgan fingerprint density at radius 2 is 2.06 bits per heavy atom. The third-order valence-corrected chi connectivity index (χ3v) is 2.25. The zero-order valence-electron chi connectivity index (χ0n) is 7.89. The molecule has 0 spiro atoms. The fourth-order valence-corrected chi connectivity index (χ4v) is 1.42. The highest BCUT2D eigenvalue weighted by molar-refractivity contribution is 9.09. The van der Waals surface area contributed by atoms with Crippen LogP contribution < -0.4 is 4.74 Å². The van der Waals surface area contributed by atoms with Crippen molar-refractivity contribution in [1.29, 1.82) is 0 Å². The lowest BCUT2D eigenvalue weighted by Crippen LogP contribution is -2.17. The van der Waals surface area contributed by atoms with Gasteiger partial charge in [0, 0.05) is 5.33 Å². The fraction of sp³-hybridized carbons (Fsp3) is 0.200. The summed E-state index contributed by atoms with van der Waals surface area (Å²) in [6.45, 7) is 0. The molecule has 0 fully saturated rings. The third kappa shape index (κ3) is 4.45. The minimum Gasteiger partial charge on any atom is -0.404 e. The van der Waals surface area contributed by atoms with Crippen LogP contribution in [-0.4, -0.2) is 11.7 Å². The molecule has 0 aromatic heterocycles. The maximum Gasteiger partial charge on any atom is 0.573 e. The van der Waals surface area contributed by atoms with Crippen LogP contribution in [0.5, 0.6) is 5.75 Å². The number of rotatable bonds is 3. The predicted molar refractivity (Wildman–Crippen MR) is 61.0 cm³/mol. The van der Waals surface area contributed by atoms with E-state index in [1.54, 1.807) is 12.2 Å². The molecule has 0 aliphatic heterocycles. The Balaban J connectivity index is 2.87. The van der Waals surface area contributed by atoms with Crippen molar-refractivity contribution in [3.63, 3.8) is 0 Å². The number of ether oxygens (including phenoxy) is 1. The predicted octanol–water partition coefficient (Wildman–Crippen LogP) is 4.65. The van der Waals surface area contributed by atoms with Crippen LogP contribution in [0.3, 0.4) is 0 Å². The summed E-state index contributed by atoms with van der Waals surface area (Å²) in [6.07, 6.45) is -1.19. The molecule has 1 aromatic carbocycles. The molecule has 1 rings (SSSR count). The molecule has 16 heavy (non-hydrogen) atoms. The zero-order valence-corrected chi connectivity index (χ0v) is 10.2. The normalized spacial score (nSPS) is 12.1. The number of benzene rings is 1. The summed E-state index contributed by atoms with van der Waals surface area (Å²) in [5.41, 5.74) is 0.707. The molecule has 0 atom stereocenters. The molecular formula is C10H7BrClF3O. The lowest BCUT2D eigenvalue weighted by molar-refractivity contribution is -0.274. The molecule has 0 aliphatic carbocycles. The first kappa shape index (κ1) is 13.4. The third-order valence-electron chi connectivity index (χ3n) is 1.58. The Morgan fingerprint density at radius 1 is 1.38 bits per heavy atom. The molecule has 0 aliphatic rings. The minimum absolute atomic E-state index is 0.0750. The van der Waals surface area contributed by atoms with Crippen LogP contribution in [0.15, 0.2) is 24.3 Å². The summed E-state index contributed by atoms with van der Waals surface area (Å²) in [6, 6.07) is 4.08. The first-order valence-corrected chi connectivity index (χ1v) is 5.70. The second kappa shape index (κ2) is 5.59. The Labute approximate surface area is 104 Å². The van der Waals surface area contributed by atoms with Crippen molar-refractivity contribution in [3.8, 4) is 5.75 Å². The van der Waals surface area contributed by atoms with E-state index in [2.05, 4.69) is 20.7 Å². The second-order valence-electron chi connectivity index (χ2n) is 2.79. The molecule has 0 N–H and O–H groups in total. The summed E-state index contributed by atoms with van der Waals surface area (Å²) < 4.78 is 39.5. The van der Waals surface area contributed by atoms with Gasteiger partial charge in [0.05, 0.1) is 5.02 Å². The summed E-state index contributed by atoms with van der Waals surface area (Å²) in [5, 5.41) is 0.583. The number of halogens is 5. The molecule has 1 nitrogen and oxygen atoms in total. The van der Waals surface area contributed by atoms with Crippen molar-refractivity contribution < 1.29 is 17.9 Å². The molecule has 6 heteroatoms. The van der Waals surface area contributed by atoms with E-state index in [-0.39, 0.29) is 5.02 Å². The van der Waals surface area contributed by atoms with E-state index >= 15 is 0 Å². The molecule has 0 unspecified atom stereocenters. The van der Waals surface area contributed by atoms with Gasteiger partial charge in [-0.15, -0.1) is 13.2 Å². The lowest BCUT2D eigenvalue weighted by Gasteiger charge is -2.10. The summed E-state index contributed by atoms with van der Waals surface area (Å²) in [5.74, 6) is -0.398. The van der Waals surface area contributed by atoms with Crippen LogP contribution in [-0.2, 0) is 0 Å². The summed E-state index contributed by atoms with van der Waals surface area (Å²) in [4.78, 5) is 0. The summed E-state index contributed by atoms with van der Waals surface area (Å²) in [7, 11) is 0. The highest BCUT2D eigenvalue weighted by Crippen LogP contribution is 2.30. The smallest absolute Gasteiger partial charge is 0.404 e. The van der Waals surface area contributed by atoms with Crippen LogP contribution in [0.25, 0.3) is 6.08 Å². The van der Waals surface area contributed by atoms with Crippen molar-refractivity contribution in [3.05, 3.63) is 34.9 Å². The van der Waals surface area contributed by atoms with Gasteiger partial charge < -0.3 is 4.74 Å². The number of hydrogen-bond donors (Lipinski definition) is 0. The second-order valence-corrected chi connectivity index (χ2v) is 3.85. The monoisotopic (exact) mass is 314 g/mol.